The minimum absolute atomic E-state index is 0.00539. The van der Waals surface area contributed by atoms with Gasteiger partial charge in [0.2, 0.25) is 0 Å². The van der Waals surface area contributed by atoms with Gasteiger partial charge in [-0.3, -0.25) is 4.79 Å². The third kappa shape index (κ3) is 4.71. The Morgan fingerprint density at radius 3 is 2.83 bits per heavy atom. The molecule has 0 aromatic heterocycles. The molecule has 24 heavy (non-hydrogen) atoms. The van der Waals surface area contributed by atoms with Gasteiger partial charge in [0, 0.05) is 13.2 Å². The lowest BCUT2D eigenvalue weighted by Gasteiger charge is -2.31. The van der Waals surface area contributed by atoms with Crippen LogP contribution in [-0.2, 0) is 14.3 Å². The lowest BCUT2D eigenvalue weighted by molar-refractivity contribution is -0.146. The number of amides is 1. The van der Waals surface area contributed by atoms with Crippen molar-refractivity contribution in [3.8, 4) is 5.75 Å². The van der Waals surface area contributed by atoms with Crippen molar-refractivity contribution in [1.82, 2.24) is 4.90 Å². The summed E-state index contributed by atoms with van der Waals surface area (Å²) in [7, 11) is 1.65. The summed E-state index contributed by atoms with van der Waals surface area (Å²) in [6, 6.07) is 7.80. The molecule has 0 N–H and O–H groups in total. The summed E-state index contributed by atoms with van der Waals surface area (Å²) in [5.41, 5.74) is 1.05. The fraction of sp³-hybridized carbons (Fsp3) is 0.632. The van der Waals surface area contributed by atoms with E-state index in [9.17, 15) is 4.79 Å². The summed E-state index contributed by atoms with van der Waals surface area (Å²) in [6.07, 6.45) is 1.75. The summed E-state index contributed by atoms with van der Waals surface area (Å²) in [5, 5.41) is 0. The SMILES string of the molecule is CCN(C(=O)[C@H](C)OC[C@H]1CCCO1)[C@H](C)c1cccc(OC)c1. The van der Waals surface area contributed by atoms with Crippen molar-refractivity contribution in [3.63, 3.8) is 0 Å². The fourth-order valence-electron chi connectivity index (χ4n) is 3.03. The first-order valence-corrected chi connectivity index (χ1v) is 8.74. The largest absolute Gasteiger partial charge is 0.497 e. The van der Waals surface area contributed by atoms with Crippen LogP contribution in [0.15, 0.2) is 24.3 Å². The highest BCUT2D eigenvalue weighted by Gasteiger charge is 2.26. The first kappa shape index (κ1) is 18.7. The number of benzene rings is 1. The van der Waals surface area contributed by atoms with E-state index in [2.05, 4.69) is 0 Å². The van der Waals surface area contributed by atoms with Gasteiger partial charge in [0.1, 0.15) is 11.9 Å². The maximum absolute atomic E-state index is 12.8. The van der Waals surface area contributed by atoms with Gasteiger partial charge in [0.25, 0.3) is 5.91 Å². The van der Waals surface area contributed by atoms with Gasteiger partial charge >= 0.3 is 0 Å². The van der Waals surface area contributed by atoms with Gasteiger partial charge in [0.15, 0.2) is 0 Å². The van der Waals surface area contributed by atoms with Crippen LogP contribution in [-0.4, -0.2) is 49.9 Å². The van der Waals surface area contributed by atoms with Crippen molar-refractivity contribution in [2.75, 3.05) is 26.9 Å². The van der Waals surface area contributed by atoms with Crippen molar-refractivity contribution in [2.24, 2.45) is 0 Å². The van der Waals surface area contributed by atoms with Crippen molar-refractivity contribution in [1.29, 1.82) is 0 Å². The standard InChI is InChI=1S/C19H29NO4/c1-5-20(14(2)16-8-6-9-17(12-16)22-4)19(21)15(3)24-13-18-10-7-11-23-18/h6,8-9,12,14-15,18H,5,7,10-11,13H2,1-4H3/t14-,15+,18-/m1/s1. The number of nitrogens with zero attached hydrogens (tertiary/aromatic N) is 1. The van der Waals surface area contributed by atoms with Crippen LogP contribution in [0.5, 0.6) is 5.75 Å². The van der Waals surface area contributed by atoms with Crippen LogP contribution in [0.1, 0.15) is 45.2 Å². The number of carbonyl (C=O) groups is 1. The molecule has 2 rings (SSSR count). The smallest absolute Gasteiger partial charge is 0.251 e. The van der Waals surface area contributed by atoms with Crippen LogP contribution in [0.4, 0.5) is 0 Å². The van der Waals surface area contributed by atoms with E-state index in [1.165, 1.54) is 0 Å². The Morgan fingerprint density at radius 2 is 2.21 bits per heavy atom. The highest BCUT2D eigenvalue weighted by Crippen LogP contribution is 2.25. The number of hydrogen-bond acceptors (Lipinski definition) is 4. The van der Waals surface area contributed by atoms with E-state index in [0.717, 1.165) is 30.8 Å². The molecule has 0 aliphatic carbocycles. The molecule has 1 aliphatic heterocycles. The van der Waals surface area contributed by atoms with Crippen LogP contribution in [0, 0.1) is 0 Å². The average molecular weight is 335 g/mol. The molecule has 1 heterocycles. The monoisotopic (exact) mass is 335 g/mol. The molecule has 5 nitrogen and oxygen atoms in total. The average Bonchev–Trinajstić information content (AvgIpc) is 3.13. The second kappa shape index (κ2) is 9.04. The summed E-state index contributed by atoms with van der Waals surface area (Å²) in [6.45, 7) is 7.75. The Hall–Kier alpha value is -1.59. The molecule has 0 bridgehead atoms. The van der Waals surface area contributed by atoms with Gasteiger partial charge in [0.05, 0.1) is 25.9 Å². The summed E-state index contributed by atoms with van der Waals surface area (Å²) in [4.78, 5) is 14.6. The van der Waals surface area contributed by atoms with E-state index >= 15 is 0 Å². The molecule has 3 atom stereocenters. The van der Waals surface area contributed by atoms with E-state index in [1.807, 2.05) is 49.9 Å². The molecule has 1 aliphatic rings. The molecular formula is C19H29NO4. The highest BCUT2D eigenvalue weighted by atomic mass is 16.5. The maximum atomic E-state index is 12.8. The van der Waals surface area contributed by atoms with E-state index < -0.39 is 6.10 Å². The van der Waals surface area contributed by atoms with Gasteiger partial charge in [-0.25, -0.2) is 0 Å². The Bertz CT molecular complexity index is 528. The molecule has 0 saturated carbocycles. The zero-order chi connectivity index (χ0) is 17.5. The number of likely N-dealkylation sites (N-methyl/N-ethyl adjacent to an activating group) is 1. The lowest BCUT2D eigenvalue weighted by Crippen LogP contribution is -2.41. The number of ether oxygens (including phenoxy) is 3. The summed E-state index contributed by atoms with van der Waals surface area (Å²) in [5.74, 6) is 0.802. The molecule has 0 unspecified atom stereocenters. The minimum atomic E-state index is -0.470. The molecule has 1 saturated heterocycles. The second-order valence-corrected chi connectivity index (χ2v) is 6.19. The van der Waals surface area contributed by atoms with E-state index in [0.29, 0.717) is 13.2 Å². The van der Waals surface area contributed by atoms with E-state index in [4.69, 9.17) is 14.2 Å². The number of hydrogen-bond donors (Lipinski definition) is 0. The zero-order valence-electron chi connectivity index (χ0n) is 15.2. The lowest BCUT2D eigenvalue weighted by atomic mass is 10.1. The van der Waals surface area contributed by atoms with Crippen LogP contribution in [0.2, 0.25) is 0 Å². The minimum Gasteiger partial charge on any atom is -0.497 e. The molecule has 1 amide bonds. The predicted molar refractivity (Wildman–Crippen MR) is 93.2 cm³/mol. The van der Waals surface area contributed by atoms with Crippen LogP contribution < -0.4 is 4.74 Å². The van der Waals surface area contributed by atoms with Gasteiger partial charge in [-0.1, -0.05) is 12.1 Å². The Morgan fingerprint density at radius 1 is 1.42 bits per heavy atom. The Kier molecular flexibility index (Phi) is 7.06. The summed E-state index contributed by atoms with van der Waals surface area (Å²) >= 11 is 0. The Balaban J connectivity index is 1.98. The van der Waals surface area contributed by atoms with Crippen LogP contribution >= 0.6 is 0 Å². The van der Waals surface area contributed by atoms with Crippen molar-refractivity contribution >= 4 is 5.91 Å². The highest BCUT2D eigenvalue weighted by molar-refractivity contribution is 5.81. The van der Waals surface area contributed by atoms with Gasteiger partial charge in [-0.05, 0) is 51.3 Å². The molecule has 5 heteroatoms. The Labute approximate surface area is 144 Å². The number of methoxy groups -OCH3 is 1. The molecule has 0 radical (unpaired) electrons. The second-order valence-electron chi connectivity index (χ2n) is 6.19. The molecule has 134 valence electrons. The number of rotatable bonds is 8. The third-order valence-corrected chi connectivity index (χ3v) is 4.57. The van der Waals surface area contributed by atoms with Crippen molar-refractivity contribution in [3.05, 3.63) is 29.8 Å². The van der Waals surface area contributed by atoms with E-state index in [1.54, 1.807) is 7.11 Å². The zero-order valence-corrected chi connectivity index (χ0v) is 15.2. The molecule has 1 fully saturated rings. The first-order chi connectivity index (χ1) is 11.6. The summed E-state index contributed by atoms with van der Waals surface area (Å²) < 4.78 is 16.6. The molecular weight excluding hydrogens is 306 g/mol. The van der Waals surface area contributed by atoms with Gasteiger partial charge in [-0.15, -0.1) is 0 Å². The maximum Gasteiger partial charge on any atom is 0.251 e. The third-order valence-electron chi connectivity index (χ3n) is 4.57. The quantitative estimate of drug-likeness (QED) is 0.732. The predicted octanol–water partition coefficient (Wildman–Crippen LogP) is 3.19. The molecule has 1 aromatic rings. The van der Waals surface area contributed by atoms with Crippen molar-refractivity contribution in [2.45, 2.75) is 51.9 Å². The molecule has 1 aromatic carbocycles. The first-order valence-electron chi connectivity index (χ1n) is 8.74. The van der Waals surface area contributed by atoms with Crippen molar-refractivity contribution < 1.29 is 19.0 Å². The topological polar surface area (TPSA) is 48.0 Å². The van der Waals surface area contributed by atoms with E-state index in [-0.39, 0.29) is 18.1 Å². The fourth-order valence-corrected chi connectivity index (χ4v) is 3.03. The van der Waals surface area contributed by atoms with Gasteiger partial charge in [-0.2, -0.15) is 0 Å². The van der Waals surface area contributed by atoms with Crippen LogP contribution in [0.3, 0.4) is 0 Å². The number of carbonyl (C=O) groups excluding carboxylic acids is 1. The van der Waals surface area contributed by atoms with Crippen LogP contribution in [0.25, 0.3) is 0 Å². The normalized spacial score (nSPS) is 19.8. The molecule has 0 spiro atoms. The van der Waals surface area contributed by atoms with Gasteiger partial charge < -0.3 is 19.1 Å².